The second-order valence-corrected chi connectivity index (χ2v) is 5.32. The Balaban J connectivity index is 2.04. The normalized spacial score (nSPS) is 12.7. The predicted molar refractivity (Wildman–Crippen MR) is 90.6 cm³/mol. The van der Waals surface area contributed by atoms with Gasteiger partial charge in [0, 0.05) is 0 Å². The molecule has 122 valence electrons. The van der Waals surface area contributed by atoms with E-state index in [1.165, 1.54) is 14.2 Å². The molecule has 24 heavy (non-hydrogen) atoms. The number of hydrogen-bond donors (Lipinski definition) is 0. The lowest BCUT2D eigenvalue weighted by molar-refractivity contribution is 0.174. The topological polar surface area (TPSA) is 60.7 Å². The van der Waals surface area contributed by atoms with E-state index in [1.54, 1.807) is 36.4 Å². The molecule has 0 N–H and O–H groups in total. The number of halogens is 1. The zero-order valence-corrected chi connectivity index (χ0v) is 13.9. The third kappa shape index (κ3) is 2.84. The molecule has 0 atom stereocenters. The number of allylic oxidation sites excluding steroid dienone is 1. The summed E-state index contributed by atoms with van der Waals surface area (Å²) in [7, 11) is 3.05. The first-order valence-corrected chi connectivity index (χ1v) is 7.48. The average molecular weight is 344 g/mol. The highest BCUT2D eigenvalue weighted by atomic mass is 35.5. The van der Waals surface area contributed by atoms with Crippen LogP contribution >= 0.6 is 11.6 Å². The van der Waals surface area contributed by atoms with Crippen LogP contribution in [-0.4, -0.2) is 21.0 Å². The van der Waals surface area contributed by atoms with Crippen molar-refractivity contribution in [3.63, 3.8) is 0 Å². The Morgan fingerprint density at radius 1 is 1.17 bits per heavy atom. The fourth-order valence-corrected chi connectivity index (χ4v) is 2.70. The van der Waals surface area contributed by atoms with Gasteiger partial charge in [-0.1, -0.05) is 11.6 Å². The van der Waals surface area contributed by atoms with Gasteiger partial charge in [0.05, 0.1) is 30.9 Å². The molecule has 1 aliphatic heterocycles. The van der Waals surface area contributed by atoms with Gasteiger partial charge in [-0.05, 0) is 47.5 Å². The van der Waals surface area contributed by atoms with Crippen molar-refractivity contribution in [1.82, 2.24) is 0 Å². The summed E-state index contributed by atoms with van der Waals surface area (Å²) in [5, 5.41) is 9.90. The van der Waals surface area contributed by atoms with Gasteiger partial charge in [0.2, 0.25) is 6.79 Å². The second-order valence-electron chi connectivity index (χ2n) is 4.94. The molecule has 0 spiro atoms. The van der Waals surface area contributed by atoms with Gasteiger partial charge < -0.3 is 18.9 Å². The van der Waals surface area contributed by atoms with Crippen LogP contribution in [0.1, 0.15) is 11.1 Å². The maximum absolute atomic E-state index is 9.52. The summed E-state index contributed by atoms with van der Waals surface area (Å²) in [6.45, 7) is 0.186. The SMILES string of the molecule is COc1ccc(/C=C(\C#N)c2ccc3c(c2)OCO3)c(Cl)c1OC. The monoisotopic (exact) mass is 343 g/mol. The van der Waals surface area contributed by atoms with Gasteiger partial charge in [0.15, 0.2) is 23.0 Å². The molecule has 0 aromatic heterocycles. The lowest BCUT2D eigenvalue weighted by atomic mass is 10.0. The number of fused-ring (bicyclic) bond motifs is 1. The van der Waals surface area contributed by atoms with Crippen LogP contribution in [0, 0.1) is 11.3 Å². The zero-order chi connectivity index (χ0) is 17.1. The van der Waals surface area contributed by atoms with Crippen LogP contribution in [0.15, 0.2) is 30.3 Å². The zero-order valence-electron chi connectivity index (χ0n) is 13.1. The van der Waals surface area contributed by atoms with E-state index >= 15 is 0 Å². The highest BCUT2D eigenvalue weighted by Gasteiger charge is 2.16. The molecular weight excluding hydrogens is 330 g/mol. The Morgan fingerprint density at radius 2 is 1.96 bits per heavy atom. The van der Waals surface area contributed by atoms with Crippen LogP contribution < -0.4 is 18.9 Å². The van der Waals surface area contributed by atoms with Gasteiger partial charge in [0.1, 0.15) is 0 Å². The Kier molecular flexibility index (Phi) is 4.50. The van der Waals surface area contributed by atoms with Crippen LogP contribution in [-0.2, 0) is 0 Å². The highest BCUT2D eigenvalue weighted by molar-refractivity contribution is 6.34. The van der Waals surface area contributed by atoms with Gasteiger partial charge in [-0.3, -0.25) is 0 Å². The first-order chi connectivity index (χ1) is 11.7. The van der Waals surface area contributed by atoms with Crippen LogP contribution in [0.25, 0.3) is 11.6 Å². The number of hydrogen-bond acceptors (Lipinski definition) is 5. The van der Waals surface area contributed by atoms with Crippen molar-refractivity contribution in [2.24, 2.45) is 0 Å². The molecule has 6 heteroatoms. The summed E-state index contributed by atoms with van der Waals surface area (Å²) in [5.41, 5.74) is 1.82. The van der Waals surface area contributed by atoms with Gasteiger partial charge in [-0.25, -0.2) is 0 Å². The summed E-state index contributed by atoms with van der Waals surface area (Å²) in [4.78, 5) is 0. The van der Waals surface area contributed by atoms with E-state index in [9.17, 15) is 5.26 Å². The minimum atomic E-state index is 0.186. The number of rotatable bonds is 4. The van der Waals surface area contributed by atoms with Crippen molar-refractivity contribution in [1.29, 1.82) is 5.26 Å². The fraction of sp³-hybridized carbons (Fsp3) is 0.167. The molecule has 5 nitrogen and oxygen atoms in total. The molecular formula is C18H14ClNO4. The first-order valence-electron chi connectivity index (χ1n) is 7.10. The molecule has 2 aromatic rings. The Labute approximate surface area is 144 Å². The van der Waals surface area contributed by atoms with E-state index < -0.39 is 0 Å². The Morgan fingerprint density at radius 3 is 2.67 bits per heavy atom. The van der Waals surface area contributed by atoms with Crippen molar-refractivity contribution >= 4 is 23.3 Å². The summed E-state index contributed by atoms with van der Waals surface area (Å²) >= 11 is 6.37. The molecule has 0 radical (unpaired) electrons. The summed E-state index contributed by atoms with van der Waals surface area (Å²) in [6, 6.07) is 11.0. The van der Waals surface area contributed by atoms with E-state index in [0.29, 0.717) is 44.7 Å². The van der Waals surface area contributed by atoms with Crippen LogP contribution in [0.2, 0.25) is 5.02 Å². The molecule has 0 unspecified atom stereocenters. The quantitative estimate of drug-likeness (QED) is 0.616. The molecule has 1 aliphatic rings. The minimum absolute atomic E-state index is 0.186. The Bertz CT molecular complexity index is 855. The number of methoxy groups -OCH3 is 2. The molecule has 0 fully saturated rings. The van der Waals surface area contributed by atoms with E-state index in [4.69, 9.17) is 30.5 Å². The molecule has 2 aromatic carbocycles. The molecule has 0 aliphatic carbocycles. The molecule has 0 saturated heterocycles. The van der Waals surface area contributed by atoms with Crippen molar-refractivity contribution in [3.8, 4) is 29.1 Å². The van der Waals surface area contributed by atoms with Crippen LogP contribution in [0.3, 0.4) is 0 Å². The van der Waals surface area contributed by atoms with E-state index in [2.05, 4.69) is 6.07 Å². The third-order valence-corrected chi connectivity index (χ3v) is 4.01. The van der Waals surface area contributed by atoms with Crippen molar-refractivity contribution in [2.75, 3.05) is 21.0 Å². The number of nitriles is 1. The lowest BCUT2D eigenvalue weighted by Gasteiger charge is -2.11. The van der Waals surface area contributed by atoms with Gasteiger partial charge in [-0.15, -0.1) is 0 Å². The number of nitrogens with zero attached hydrogens (tertiary/aromatic N) is 1. The average Bonchev–Trinajstić information content (AvgIpc) is 3.08. The predicted octanol–water partition coefficient (Wildman–Crippen LogP) is 4.15. The van der Waals surface area contributed by atoms with Crippen molar-refractivity contribution < 1.29 is 18.9 Å². The molecule has 0 amide bonds. The van der Waals surface area contributed by atoms with E-state index in [-0.39, 0.29) is 6.79 Å². The molecule has 0 saturated carbocycles. The van der Waals surface area contributed by atoms with Gasteiger partial charge in [-0.2, -0.15) is 5.26 Å². The number of benzene rings is 2. The van der Waals surface area contributed by atoms with Crippen molar-refractivity contribution in [3.05, 3.63) is 46.5 Å². The first kappa shape index (κ1) is 16.0. The van der Waals surface area contributed by atoms with Gasteiger partial charge in [0.25, 0.3) is 0 Å². The van der Waals surface area contributed by atoms with E-state index in [0.717, 1.165) is 0 Å². The van der Waals surface area contributed by atoms with Gasteiger partial charge >= 0.3 is 0 Å². The van der Waals surface area contributed by atoms with E-state index in [1.807, 2.05) is 0 Å². The lowest BCUT2D eigenvalue weighted by Crippen LogP contribution is -1.93. The minimum Gasteiger partial charge on any atom is -0.493 e. The highest BCUT2D eigenvalue weighted by Crippen LogP contribution is 2.39. The van der Waals surface area contributed by atoms with Crippen molar-refractivity contribution in [2.45, 2.75) is 0 Å². The standard InChI is InChI=1S/C18H14ClNO4/c1-21-15-6-4-12(17(19)18(15)22-2)7-13(9-20)11-3-5-14-16(8-11)24-10-23-14/h3-8H,10H2,1-2H3/b13-7+. The fourth-order valence-electron chi connectivity index (χ4n) is 2.42. The Hall–Kier alpha value is -2.84. The largest absolute Gasteiger partial charge is 0.493 e. The molecule has 0 bridgehead atoms. The maximum Gasteiger partial charge on any atom is 0.231 e. The van der Waals surface area contributed by atoms with Crippen LogP contribution in [0.5, 0.6) is 23.0 Å². The maximum atomic E-state index is 9.52. The smallest absolute Gasteiger partial charge is 0.231 e. The summed E-state index contributed by atoms with van der Waals surface area (Å²) in [6.07, 6.45) is 1.70. The number of ether oxygens (including phenoxy) is 4. The summed E-state index contributed by atoms with van der Waals surface area (Å²) < 4.78 is 21.1. The summed E-state index contributed by atoms with van der Waals surface area (Å²) in [5.74, 6) is 2.24. The third-order valence-electron chi connectivity index (χ3n) is 3.62. The second kappa shape index (κ2) is 6.73. The molecule has 3 rings (SSSR count). The molecule has 1 heterocycles. The van der Waals surface area contributed by atoms with Crippen LogP contribution in [0.4, 0.5) is 0 Å².